The van der Waals surface area contributed by atoms with Crippen molar-refractivity contribution < 1.29 is 18.7 Å². The normalized spacial score (nSPS) is 15.1. The largest absolute Gasteiger partial charge is 0.638 e. The SMILES string of the molecule is CC#CC[C@@](P)(CON[P+](=O)OC)OC. The second kappa shape index (κ2) is 8.13. The summed E-state index contributed by atoms with van der Waals surface area (Å²) in [6, 6.07) is 0. The van der Waals surface area contributed by atoms with Gasteiger partial charge in [-0.1, -0.05) is 9.24 Å². The fraction of sp³-hybridized carbons (Fsp3) is 0.750. The van der Waals surface area contributed by atoms with Crippen LogP contribution in [-0.2, 0) is 18.7 Å². The topological polar surface area (TPSA) is 56.8 Å². The third-order valence-corrected chi connectivity index (χ3v) is 2.81. The molecule has 0 aromatic heterocycles. The maximum absolute atomic E-state index is 10.8. The van der Waals surface area contributed by atoms with E-state index in [0.717, 1.165) is 0 Å². The minimum atomic E-state index is -1.97. The average Bonchev–Trinajstić information content (AvgIpc) is 2.26. The van der Waals surface area contributed by atoms with Crippen molar-refractivity contribution in [2.45, 2.75) is 18.7 Å². The molecule has 2 unspecified atom stereocenters. The predicted octanol–water partition coefficient (Wildman–Crippen LogP) is 1.44. The standard InChI is InChI=1S/C8H16NO4P2/c1-4-5-6-8(14,11-2)7-13-9-15(10)12-3/h6-7,14H2,1-3H3,(H,9,10)/q+1/t8-/m1/s1. The number of hydrogen-bond donors (Lipinski definition) is 1. The van der Waals surface area contributed by atoms with Crippen LogP contribution in [0.4, 0.5) is 0 Å². The molecule has 0 radical (unpaired) electrons. The molecule has 3 atom stereocenters. The molecule has 0 heterocycles. The van der Waals surface area contributed by atoms with Gasteiger partial charge in [0.15, 0.2) is 0 Å². The lowest BCUT2D eigenvalue weighted by Crippen LogP contribution is -2.31. The Bertz CT molecular complexity index is 263. The highest BCUT2D eigenvalue weighted by atomic mass is 31.1. The van der Waals surface area contributed by atoms with Crippen molar-refractivity contribution in [3.8, 4) is 11.8 Å². The van der Waals surface area contributed by atoms with E-state index in [2.05, 4.69) is 30.9 Å². The van der Waals surface area contributed by atoms with Crippen molar-refractivity contribution >= 4 is 17.4 Å². The fourth-order valence-corrected chi connectivity index (χ4v) is 1.09. The molecule has 0 aliphatic heterocycles. The summed E-state index contributed by atoms with van der Waals surface area (Å²) in [4.78, 5) is 4.97. The molecule has 7 heteroatoms. The molecule has 0 aliphatic carbocycles. The van der Waals surface area contributed by atoms with Gasteiger partial charge in [-0.2, -0.15) is 0 Å². The molecule has 5 nitrogen and oxygen atoms in total. The van der Waals surface area contributed by atoms with Gasteiger partial charge in [0, 0.05) is 18.8 Å². The molecule has 0 aromatic rings. The van der Waals surface area contributed by atoms with Crippen LogP contribution in [0.25, 0.3) is 0 Å². The molecule has 0 saturated heterocycles. The molecule has 0 bridgehead atoms. The number of hydrogen-bond acceptors (Lipinski definition) is 4. The van der Waals surface area contributed by atoms with Gasteiger partial charge in [-0.25, -0.2) is 0 Å². The third-order valence-electron chi connectivity index (χ3n) is 1.59. The Kier molecular flexibility index (Phi) is 8.09. The van der Waals surface area contributed by atoms with Crippen molar-refractivity contribution in [1.82, 2.24) is 5.25 Å². The first kappa shape index (κ1) is 14.9. The van der Waals surface area contributed by atoms with Crippen molar-refractivity contribution in [1.29, 1.82) is 0 Å². The molecule has 0 fully saturated rings. The van der Waals surface area contributed by atoms with Gasteiger partial charge in [-0.15, -0.1) is 16.4 Å². The van der Waals surface area contributed by atoms with Crippen LogP contribution in [0.15, 0.2) is 0 Å². The van der Waals surface area contributed by atoms with Crippen LogP contribution < -0.4 is 5.25 Å². The highest BCUT2D eigenvalue weighted by Crippen LogP contribution is 2.24. The molecule has 0 aliphatic rings. The zero-order chi connectivity index (χ0) is 11.7. The summed E-state index contributed by atoms with van der Waals surface area (Å²) in [5, 5.41) is 1.65. The van der Waals surface area contributed by atoms with E-state index in [1.807, 2.05) is 0 Å². The van der Waals surface area contributed by atoms with E-state index in [1.54, 1.807) is 14.0 Å². The van der Waals surface area contributed by atoms with Crippen molar-refractivity contribution in [3.05, 3.63) is 0 Å². The molecule has 0 saturated carbocycles. The number of rotatable bonds is 7. The van der Waals surface area contributed by atoms with E-state index in [-0.39, 0.29) is 6.61 Å². The summed E-state index contributed by atoms with van der Waals surface area (Å²) in [5.41, 5.74) is 0. The van der Waals surface area contributed by atoms with Crippen LogP contribution >= 0.6 is 17.4 Å². The van der Waals surface area contributed by atoms with E-state index in [4.69, 9.17) is 9.57 Å². The van der Waals surface area contributed by atoms with Crippen LogP contribution in [0.1, 0.15) is 13.3 Å². The third kappa shape index (κ3) is 6.92. The van der Waals surface area contributed by atoms with E-state index in [1.165, 1.54) is 7.11 Å². The quantitative estimate of drug-likeness (QED) is 0.422. The van der Waals surface area contributed by atoms with E-state index in [0.29, 0.717) is 6.42 Å². The number of ether oxygens (including phenoxy) is 1. The molecule has 1 N–H and O–H groups in total. The van der Waals surface area contributed by atoms with Gasteiger partial charge in [-0.05, 0) is 11.5 Å². The molecule has 0 rings (SSSR count). The summed E-state index contributed by atoms with van der Waals surface area (Å²) in [7, 11) is 3.42. The Labute approximate surface area is 93.3 Å². The van der Waals surface area contributed by atoms with Crippen LogP contribution in [-0.4, -0.2) is 26.2 Å². The number of methoxy groups -OCH3 is 1. The Morgan fingerprint density at radius 3 is 2.67 bits per heavy atom. The maximum Gasteiger partial charge on any atom is 0.638 e. The van der Waals surface area contributed by atoms with E-state index in [9.17, 15) is 4.57 Å². The highest BCUT2D eigenvalue weighted by Gasteiger charge is 2.25. The van der Waals surface area contributed by atoms with Crippen LogP contribution in [0.5, 0.6) is 0 Å². The lowest BCUT2D eigenvalue weighted by Gasteiger charge is -2.23. The van der Waals surface area contributed by atoms with E-state index < -0.39 is 13.5 Å². The molecular weight excluding hydrogens is 236 g/mol. The molecular formula is C8H16NO4P2+. The summed E-state index contributed by atoms with van der Waals surface area (Å²) in [6.07, 6.45) is 0.510. The van der Waals surface area contributed by atoms with Gasteiger partial charge < -0.3 is 4.74 Å². The Morgan fingerprint density at radius 2 is 2.20 bits per heavy atom. The van der Waals surface area contributed by atoms with E-state index >= 15 is 0 Å². The summed E-state index contributed by atoms with van der Waals surface area (Å²) in [5.74, 6) is 5.65. The van der Waals surface area contributed by atoms with Gasteiger partial charge in [0.2, 0.25) is 0 Å². The maximum atomic E-state index is 10.8. The highest BCUT2D eigenvalue weighted by molar-refractivity contribution is 7.36. The van der Waals surface area contributed by atoms with Gasteiger partial charge in [-0.3, -0.25) is 4.84 Å². The number of nitrogens with one attached hydrogen (secondary N) is 1. The Morgan fingerprint density at radius 1 is 1.53 bits per heavy atom. The van der Waals surface area contributed by atoms with Crippen LogP contribution in [0, 0.1) is 11.8 Å². The summed E-state index contributed by atoms with van der Waals surface area (Å²) in [6.45, 7) is 1.95. The van der Waals surface area contributed by atoms with Gasteiger partial charge in [0.05, 0.1) is 7.11 Å². The molecule has 0 spiro atoms. The second-order valence-corrected chi connectivity index (χ2v) is 4.81. The minimum Gasteiger partial charge on any atom is -0.371 e. The van der Waals surface area contributed by atoms with Gasteiger partial charge in [0.25, 0.3) is 0 Å². The zero-order valence-corrected chi connectivity index (χ0v) is 11.1. The second-order valence-electron chi connectivity index (χ2n) is 2.69. The first-order valence-electron chi connectivity index (χ1n) is 4.20. The zero-order valence-electron chi connectivity index (χ0n) is 9.07. The summed E-state index contributed by atoms with van der Waals surface area (Å²) < 4.78 is 20.5. The lowest BCUT2D eigenvalue weighted by molar-refractivity contribution is -0.0308. The first-order valence-corrected chi connectivity index (χ1v) is 5.96. The molecule has 86 valence electrons. The van der Waals surface area contributed by atoms with Crippen molar-refractivity contribution in [3.63, 3.8) is 0 Å². The molecule has 15 heavy (non-hydrogen) atoms. The first-order chi connectivity index (χ1) is 7.08. The Hall–Kier alpha value is -0.0700. The molecule has 0 aromatic carbocycles. The summed E-state index contributed by atoms with van der Waals surface area (Å²) >= 11 is 0. The smallest absolute Gasteiger partial charge is 0.371 e. The van der Waals surface area contributed by atoms with Gasteiger partial charge in [0.1, 0.15) is 11.9 Å². The van der Waals surface area contributed by atoms with Crippen LogP contribution in [0.2, 0.25) is 0 Å². The Balaban J connectivity index is 3.96. The fourth-order valence-electron chi connectivity index (χ4n) is 0.665. The van der Waals surface area contributed by atoms with Gasteiger partial charge >= 0.3 is 8.18 Å². The van der Waals surface area contributed by atoms with Crippen molar-refractivity contribution in [2.24, 2.45) is 0 Å². The average molecular weight is 252 g/mol. The van der Waals surface area contributed by atoms with Crippen molar-refractivity contribution in [2.75, 3.05) is 20.8 Å². The minimum absolute atomic E-state index is 0.202. The van der Waals surface area contributed by atoms with Crippen LogP contribution in [0.3, 0.4) is 0 Å². The monoisotopic (exact) mass is 252 g/mol. The molecule has 0 amide bonds. The lowest BCUT2D eigenvalue weighted by atomic mass is 10.2. The predicted molar refractivity (Wildman–Crippen MR) is 61.2 cm³/mol.